The minimum atomic E-state index is -0.381. The summed E-state index contributed by atoms with van der Waals surface area (Å²) in [7, 11) is 0. The Balaban J connectivity index is 2.02. The number of benzene rings is 1. The van der Waals surface area contributed by atoms with Crippen LogP contribution in [-0.2, 0) is 6.61 Å². The minimum Gasteiger partial charge on any atom is -0.483 e. The number of hydrogen-bond donors (Lipinski definition) is 0. The molecule has 1 aromatic heterocycles. The first-order valence-corrected chi connectivity index (χ1v) is 4.54. The third kappa shape index (κ3) is 2.34. The van der Waals surface area contributed by atoms with Crippen molar-refractivity contribution < 1.29 is 13.5 Å². The lowest BCUT2D eigenvalue weighted by atomic mass is 10.3. The van der Waals surface area contributed by atoms with Crippen molar-refractivity contribution in [2.24, 2.45) is 0 Å². The summed E-state index contributed by atoms with van der Waals surface area (Å²) >= 11 is 0. The number of halogens is 1. The second-order valence-corrected chi connectivity index (χ2v) is 3.06. The molecule has 0 radical (unpaired) electrons. The first kappa shape index (κ1) is 9.71. The molecule has 1 heterocycles. The van der Waals surface area contributed by atoms with Gasteiger partial charge in [0, 0.05) is 6.92 Å². The van der Waals surface area contributed by atoms with Gasteiger partial charge in [0.05, 0.1) is 6.20 Å². The van der Waals surface area contributed by atoms with E-state index in [1.54, 1.807) is 31.3 Å². The van der Waals surface area contributed by atoms with Crippen LogP contribution in [-0.4, -0.2) is 4.98 Å². The molecule has 0 aliphatic heterocycles. The number of hydrogen-bond acceptors (Lipinski definition) is 3. The maximum Gasteiger partial charge on any atom is 0.191 e. The van der Waals surface area contributed by atoms with Crippen molar-refractivity contribution in [3.8, 4) is 5.75 Å². The standard InChI is InChI=1S/C11H10FNO2/c1-8-13-6-9(15-8)7-14-11-5-3-2-4-10(11)12/h2-6H,7H2,1H3. The molecule has 0 aliphatic carbocycles. The fourth-order valence-corrected chi connectivity index (χ4v) is 1.18. The molecule has 0 atom stereocenters. The Morgan fingerprint density at radius 2 is 2.20 bits per heavy atom. The normalized spacial score (nSPS) is 10.3. The Morgan fingerprint density at radius 3 is 2.87 bits per heavy atom. The molecule has 1 aromatic carbocycles. The van der Waals surface area contributed by atoms with Crippen LogP contribution in [0.25, 0.3) is 0 Å². The number of aryl methyl sites for hydroxylation is 1. The van der Waals surface area contributed by atoms with Crippen molar-refractivity contribution in [2.75, 3.05) is 0 Å². The fourth-order valence-electron chi connectivity index (χ4n) is 1.18. The zero-order valence-corrected chi connectivity index (χ0v) is 8.24. The molecule has 0 saturated carbocycles. The van der Waals surface area contributed by atoms with E-state index in [1.165, 1.54) is 6.07 Å². The summed E-state index contributed by atoms with van der Waals surface area (Å²) in [4.78, 5) is 3.91. The van der Waals surface area contributed by atoms with Crippen molar-refractivity contribution in [3.05, 3.63) is 47.9 Å². The highest BCUT2D eigenvalue weighted by atomic mass is 19.1. The smallest absolute Gasteiger partial charge is 0.191 e. The van der Waals surface area contributed by atoms with E-state index in [-0.39, 0.29) is 18.2 Å². The minimum absolute atomic E-state index is 0.182. The molecule has 0 unspecified atom stereocenters. The summed E-state index contributed by atoms with van der Waals surface area (Å²) in [5.74, 6) is 0.984. The highest BCUT2D eigenvalue weighted by Crippen LogP contribution is 2.17. The SMILES string of the molecule is Cc1ncc(COc2ccccc2F)o1. The van der Waals surface area contributed by atoms with Crippen molar-refractivity contribution in [3.63, 3.8) is 0 Å². The molecule has 2 rings (SSSR count). The van der Waals surface area contributed by atoms with Crippen LogP contribution in [0, 0.1) is 12.7 Å². The lowest BCUT2D eigenvalue weighted by molar-refractivity contribution is 0.256. The van der Waals surface area contributed by atoms with Gasteiger partial charge in [-0.15, -0.1) is 0 Å². The molecule has 0 spiro atoms. The van der Waals surface area contributed by atoms with Gasteiger partial charge in [-0.2, -0.15) is 0 Å². The predicted octanol–water partition coefficient (Wildman–Crippen LogP) is 2.70. The monoisotopic (exact) mass is 207 g/mol. The van der Waals surface area contributed by atoms with Crippen LogP contribution in [0.3, 0.4) is 0 Å². The van der Waals surface area contributed by atoms with E-state index in [0.29, 0.717) is 11.7 Å². The van der Waals surface area contributed by atoms with Crippen LogP contribution in [0.1, 0.15) is 11.7 Å². The summed E-state index contributed by atoms with van der Waals surface area (Å²) in [6, 6.07) is 6.24. The van der Waals surface area contributed by atoms with Crippen molar-refractivity contribution in [1.82, 2.24) is 4.98 Å². The summed E-state index contributed by atoms with van der Waals surface area (Å²) < 4.78 is 23.5. The third-order valence-electron chi connectivity index (χ3n) is 1.88. The zero-order chi connectivity index (χ0) is 10.7. The van der Waals surface area contributed by atoms with Crippen LogP contribution >= 0.6 is 0 Å². The number of oxazole rings is 1. The molecule has 15 heavy (non-hydrogen) atoms. The van der Waals surface area contributed by atoms with E-state index in [0.717, 1.165) is 0 Å². The molecular weight excluding hydrogens is 197 g/mol. The molecule has 3 nitrogen and oxygen atoms in total. The Bertz CT molecular complexity index is 453. The first-order chi connectivity index (χ1) is 7.25. The topological polar surface area (TPSA) is 35.3 Å². The molecule has 0 fully saturated rings. The Hall–Kier alpha value is -1.84. The largest absolute Gasteiger partial charge is 0.483 e. The maximum absolute atomic E-state index is 13.1. The van der Waals surface area contributed by atoms with Gasteiger partial charge >= 0.3 is 0 Å². The molecule has 0 amide bonds. The molecule has 0 bridgehead atoms. The number of ether oxygens (including phenoxy) is 1. The molecule has 2 aromatic rings. The van der Waals surface area contributed by atoms with Gasteiger partial charge in [0.2, 0.25) is 0 Å². The first-order valence-electron chi connectivity index (χ1n) is 4.54. The van der Waals surface area contributed by atoms with Gasteiger partial charge in [-0.3, -0.25) is 0 Å². The van der Waals surface area contributed by atoms with Gasteiger partial charge in [-0.1, -0.05) is 12.1 Å². The average molecular weight is 207 g/mol. The molecule has 0 aliphatic rings. The lowest BCUT2D eigenvalue weighted by Gasteiger charge is -2.03. The van der Waals surface area contributed by atoms with Crippen LogP contribution in [0.4, 0.5) is 4.39 Å². The van der Waals surface area contributed by atoms with E-state index in [1.807, 2.05) is 0 Å². The van der Waals surface area contributed by atoms with E-state index in [4.69, 9.17) is 9.15 Å². The Kier molecular flexibility index (Phi) is 2.67. The lowest BCUT2D eigenvalue weighted by Crippen LogP contribution is -1.95. The van der Waals surface area contributed by atoms with E-state index in [9.17, 15) is 4.39 Å². The number of rotatable bonds is 3. The van der Waals surface area contributed by atoms with Crippen LogP contribution in [0.15, 0.2) is 34.9 Å². The summed E-state index contributed by atoms with van der Waals surface area (Å²) in [6.07, 6.45) is 1.57. The quantitative estimate of drug-likeness (QED) is 0.776. The van der Waals surface area contributed by atoms with E-state index in [2.05, 4.69) is 4.98 Å². The van der Waals surface area contributed by atoms with Crippen LogP contribution < -0.4 is 4.74 Å². The number of para-hydroxylation sites is 1. The third-order valence-corrected chi connectivity index (χ3v) is 1.88. The second-order valence-electron chi connectivity index (χ2n) is 3.06. The fraction of sp³-hybridized carbons (Fsp3) is 0.182. The summed E-state index contributed by atoms with van der Waals surface area (Å²) in [5.41, 5.74) is 0. The predicted molar refractivity (Wildman–Crippen MR) is 52.0 cm³/mol. The number of aromatic nitrogens is 1. The maximum atomic E-state index is 13.1. The molecule has 0 saturated heterocycles. The van der Waals surface area contributed by atoms with Crippen LogP contribution in [0.2, 0.25) is 0 Å². The molecule has 4 heteroatoms. The van der Waals surface area contributed by atoms with Gasteiger partial charge in [0.15, 0.2) is 23.2 Å². The van der Waals surface area contributed by atoms with Gasteiger partial charge in [-0.05, 0) is 12.1 Å². The van der Waals surface area contributed by atoms with Gasteiger partial charge in [-0.25, -0.2) is 9.37 Å². The highest BCUT2D eigenvalue weighted by molar-refractivity contribution is 5.23. The van der Waals surface area contributed by atoms with Gasteiger partial charge < -0.3 is 9.15 Å². The van der Waals surface area contributed by atoms with Crippen LogP contribution in [0.5, 0.6) is 5.75 Å². The van der Waals surface area contributed by atoms with Gasteiger partial charge in [0.25, 0.3) is 0 Å². The van der Waals surface area contributed by atoms with Gasteiger partial charge in [0.1, 0.15) is 6.61 Å². The average Bonchev–Trinajstić information content (AvgIpc) is 2.63. The Morgan fingerprint density at radius 1 is 1.40 bits per heavy atom. The second kappa shape index (κ2) is 4.13. The van der Waals surface area contributed by atoms with E-state index < -0.39 is 0 Å². The summed E-state index contributed by atoms with van der Waals surface area (Å²) in [5, 5.41) is 0. The molecule has 78 valence electrons. The Labute approximate surface area is 86.5 Å². The molecule has 0 N–H and O–H groups in total. The van der Waals surface area contributed by atoms with Crippen molar-refractivity contribution in [2.45, 2.75) is 13.5 Å². The van der Waals surface area contributed by atoms with Crippen molar-refractivity contribution >= 4 is 0 Å². The molecular formula is C11H10FNO2. The zero-order valence-electron chi connectivity index (χ0n) is 8.24. The van der Waals surface area contributed by atoms with E-state index >= 15 is 0 Å². The number of nitrogens with zero attached hydrogens (tertiary/aromatic N) is 1. The summed E-state index contributed by atoms with van der Waals surface area (Å²) in [6.45, 7) is 1.92. The van der Waals surface area contributed by atoms with Crippen molar-refractivity contribution in [1.29, 1.82) is 0 Å². The highest BCUT2D eigenvalue weighted by Gasteiger charge is 2.04.